The molecule has 0 spiro atoms. The van der Waals surface area contributed by atoms with Crippen LogP contribution in [0, 0.1) is 0 Å². The topological polar surface area (TPSA) is 117 Å². The Morgan fingerprint density at radius 3 is 2.21 bits per heavy atom. The second-order valence-electron chi connectivity index (χ2n) is 7.35. The SMILES string of the molecule is O=C(OCC1OC(n2cc(Br)c(=O)[nH]c2=O)C(F)C1OC(=O)c1ccccc1)c1ccccc1. The number of nitrogens with one attached hydrogen (secondary N) is 1. The zero-order chi connectivity index (χ0) is 24.2. The highest BCUT2D eigenvalue weighted by Crippen LogP contribution is 2.34. The summed E-state index contributed by atoms with van der Waals surface area (Å²) in [4.78, 5) is 50.9. The summed E-state index contributed by atoms with van der Waals surface area (Å²) in [5, 5.41) is 0. The van der Waals surface area contributed by atoms with Gasteiger partial charge in [-0.1, -0.05) is 36.4 Å². The molecule has 4 unspecified atom stereocenters. The van der Waals surface area contributed by atoms with Gasteiger partial charge in [0.15, 0.2) is 18.5 Å². The van der Waals surface area contributed by atoms with Crippen LogP contribution in [-0.2, 0) is 14.2 Å². The zero-order valence-electron chi connectivity index (χ0n) is 17.4. The molecule has 0 bridgehead atoms. The molecule has 2 heterocycles. The Balaban J connectivity index is 1.59. The van der Waals surface area contributed by atoms with Gasteiger partial charge in [0.2, 0.25) is 0 Å². The summed E-state index contributed by atoms with van der Waals surface area (Å²) < 4.78 is 32.6. The van der Waals surface area contributed by atoms with Gasteiger partial charge in [0.25, 0.3) is 5.56 Å². The van der Waals surface area contributed by atoms with Crippen LogP contribution in [0.15, 0.2) is 80.9 Å². The highest BCUT2D eigenvalue weighted by atomic mass is 79.9. The molecule has 11 heteroatoms. The van der Waals surface area contributed by atoms with Gasteiger partial charge in [0.1, 0.15) is 12.7 Å². The van der Waals surface area contributed by atoms with Crippen molar-refractivity contribution in [1.29, 1.82) is 0 Å². The number of halogens is 2. The molecule has 1 aromatic heterocycles. The van der Waals surface area contributed by atoms with Gasteiger partial charge in [-0.3, -0.25) is 14.3 Å². The number of rotatable bonds is 6. The van der Waals surface area contributed by atoms with Gasteiger partial charge in [-0.05, 0) is 40.2 Å². The Hall–Kier alpha value is -3.57. The van der Waals surface area contributed by atoms with Crippen molar-refractivity contribution < 1.29 is 28.2 Å². The Morgan fingerprint density at radius 1 is 1.00 bits per heavy atom. The Kier molecular flexibility index (Phi) is 7.03. The van der Waals surface area contributed by atoms with Crippen LogP contribution in [0.2, 0.25) is 0 Å². The Morgan fingerprint density at radius 2 is 1.59 bits per heavy atom. The highest BCUT2D eigenvalue weighted by molar-refractivity contribution is 9.10. The third-order valence-electron chi connectivity index (χ3n) is 5.11. The number of aromatic nitrogens is 2. The van der Waals surface area contributed by atoms with Crippen molar-refractivity contribution >= 4 is 27.9 Å². The lowest BCUT2D eigenvalue weighted by molar-refractivity contribution is -0.0592. The van der Waals surface area contributed by atoms with Gasteiger partial charge in [0.05, 0.1) is 15.6 Å². The van der Waals surface area contributed by atoms with Crippen molar-refractivity contribution in [2.45, 2.75) is 24.6 Å². The summed E-state index contributed by atoms with van der Waals surface area (Å²) in [7, 11) is 0. The molecule has 0 aliphatic carbocycles. The first kappa shape index (κ1) is 23.6. The van der Waals surface area contributed by atoms with Crippen LogP contribution in [0.1, 0.15) is 26.9 Å². The molecule has 3 aromatic rings. The minimum absolute atomic E-state index is 0.0281. The van der Waals surface area contributed by atoms with Crippen LogP contribution in [0.25, 0.3) is 0 Å². The van der Waals surface area contributed by atoms with E-state index in [9.17, 15) is 19.2 Å². The van der Waals surface area contributed by atoms with Crippen molar-refractivity contribution in [3.63, 3.8) is 0 Å². The summed E-state index contributed by atoms with van der Waals surface area (Å²) in [6, 6.07) is 16.1. The number of ether oxygens (including phenoxy) is 3. The second-order valence-corrected chi connectivity index (χ2v) is 8.21. The number of hydrogen-bond donors (Lipinski definition) is 1. The van der Waals surface area contributed by atoms with Crippen LogP contribution in [0.4, 0.5) is 4.39 Å². The molecule has 1 aliphatic rings. The number of nitrogens with zero attached hydrogens (tertiary/aromatic N) is 1. The molecule has 0 radical (unpaired) electrons. The second kappa shape index (κ2) is 10.1. The van der Waals surface area contributed by atoms with Gasteiger partial charge in [-0.25, -0.2) is 18.8 Å². The van der Waals surface area contributed by atoms with Crippen molar-refractivity contribution in [1.82, 2.24) is 9.55 Å². The van der Waals surface area contributed by atoms with Crippen LogP contribution in [0.3, 0.4) is 0 Å². The summed E-state index contributed by atoms with van der Waals surface area (Å²) in [6.45, 7) is -0.448. The van der Waals surface area contributed by atoms with Crippen molar-refractivity contribution in [2.75, 3.05) is 6.61 Å². The molecule has 9 nitrogen and oxygen atoms in total. The first-order valence-electron chi connectivity index (χ1n) is 10.1. The molecule has 1 fully saturated rings. The molecule has 4 rings (SSSR count). The Bertz CT molecular complexity index is 1300. The molecule has 176 valence electrons. The lowest BCUT2D eigenvalue weighted by Gasteiger charge is -2.19. The van der Waals surface area contributed by atoms with Crippen molar-refractivity contribution in [2.24, 2.45) is 0 Å². The predicted molar refractivity (Wildman–Crippen MR) is 120 cm³/mol. The van der Waals surface area contributed by atoms with E-state index in [1.54, 1.807) is 48.5 Å². The molecular weight excluding hydrogens is 515 g/mol. The van der Waals surface area contributed by atoms with E-state index in [1.807, 2.05) is 4.98 Å². The maximum absolute atomic E-state index is 15.5. The van der Waals surface area contributed by atoms with Gasteiger partial charge >= 0.3 is 17.6 Å². The fourth-order valence-electron chi connectivity index (χ4n) is 3.42. The lowest BCUT2D eigenvalue weighted by Crippen LogP contribution is -2.38. The quantitative estimate of drug-likeness (QED) is 0.485. The third-order valence-corrected chi connectivity index (χ3v) is 5.67. The van der Waals surface area contributed by atoms with Crippen molar-refractivity contribution in [3.05, 3.63) is 103 Å². The van der Waals surface area contributed by atoms with Crippen LogP contribution < -0.4 is 11.2 Å². The number of esters is 2. The largest absolute Gasteiger partial charge is 0.459 e. The van der Waals surface area contributed by atoms with Gasteiger partial charge in [-0.2, -0.15) is 0 Å². The van der Waals surface area contributed by atoms with E-state index in [2.05, 4.69) is 15.9 Å². The maximum atomic E-state index is 15.5. The normalized spacial score (nSPS) is 21.7. The third kappa shape index (κ3) is 5.00. The number of carbonyl (C=O) groups is 2. The average molecular weight is 533 g/mol. The summed E-state index contributed by atoms with van der Waals surface area (Å²) >= 11 is 2.99. The van der Waals surface area contributed by atoms with E-state index < -0.39 is 54.4 Å². The van der Waals surface area contributed by atoms with E-state index in [0.717, 1.165) is 10.8 Å². The van der Waals surface area contributed by atoms with Crippen molar-refractivity contribution in [3.8, 4) is 0 Å². The average Bonchev–Trinajstić information content (AvgIpc) is 3.15. The first-order valence-corrected chi connectivity index (χ1v) is 10.9. The minimum Gasteiger partial charge on any atom is -0.459 e. The summed E-state index contributed by atoms with van der Waals surface area (Å²) in [6.07, 6.45) is -5.21. The summed E-state index contributed by atoms with van der Waals surface area (Å²) in [5.41, 5.74) is -1.17. The number of alkyl halides is 1. The van der Waals surface area contributed by atoms with Crippen LogP contribution >= 0.6 is 15.9 Å². The fourth-order valence-corrected chi connectivity index (χ4v) is 3.74. The molecule has 1 aliphatic heterocycles. The van der Waals surface area contributed by atoms with E-state index >= 15 is 4.39 Å². The molecule has 1 saturated heterocycles. The molecule has 1 N–H and O–H groups in total. The highest BCUT2D eigenvalue weighted by Gasteiger charge is 2.49. The van der Waals surface area contributed by atoms with E-state index in [-0.39, 0.29) is 15.6 Å². The zero-order valence-corrected chi connectivity index (χ0v) is 19.0. The number of benzene rings is 2. The number of hydrogen-bond acceptors (Lipinski definition) is 7. The molecule has 2 aromatic carbocycles. The van der Waals surface area contributed by atoms with E-state index in [0.29, 0.717) is 0 Å². The van der Waals surface area contributed by atoms with Gasteiger partial charge < -0.3 is 14.2 Å². The predicted octanol–water partition coefficient (Wildman–Crippen LogP) is 2.62. The minimum atomic E-state index is -2.01. The fraction of sp³-hybridized carbons (Fsp3) is 0.217. The number of H-pyrrole nitrogens is 1. The van der Waals surface area contributed by atoms with E-state index in [4.69, 9.17) is 14.2 Å². The van der Waals surface area contributed by atoms with Gasteiger partial charge in [0, 0.05) is 6.20 Å². The smallest absolute Gasteiger partial charge is 0.338 e. The first-order chi connectivity index (χ1) is 16.3. The molecule has 0 amide bonds. The van der Waals surface area contributed by atoms with Crippen LogP contribution in [0.5, 0.6) is 0 Å². The monoisotopic (exact) mass is 532 g/mol. The van der Waals surface area contributed by atoms with E-state index in [1.165, 1.54) is 12.1 Å². The molecular formula is C23H18BrFN2O7. The molecule has 34 heavy (non-hydrogen) atoms. The number of aromatic amines is 1. The summed E-state index contributed by atoms with van der Waals surface area (Å²) in [5.74, 6) is -1.49. The molecule has 0 saturated carbocycles. The molecule has 4 atom stereocenters. The number of carbonyl (C=O) groups excluding carboxylic acids is 2. The lowest BCUT2D eigenvalue weighted by atomic mass is 10.1. The van der Waals surface area contributed by atoms with Gasteiger partial charge in [-0.15, -0.1) is 0 Å². The Labute approximate surface area is 200 Å². The van der Waals surface area contributed by atoms with Crippen LogP contribution in [-0.4, -0.2) is 46.5 Å². The standard InChI is InChI=1S/C23H18BrFN2O7/c24-15-11-27(23(31)26-19(15)28)20-17(25)18(34-22(30)14-9-5-2-6-10-14)16(33-20)12-32-21(29)13-7-3-1-4-8-13/h1-11,16-18,20H,12H2,(H,26,28,31). The maximum Gasteiger partial charge on any atom is 0.338 e.